The van der Waals surface area contributed by atoms with Gasteiger partial charge >= 0.3 is 0 Å². The Kier molecular flexibility index (Phi) is 12.6. The molecule has 80 heavy (non-hydrogen) atoms. The third-order valence-corrected chi connectivity index (χ3v) is 15.2. The average molecular weight is 1020 g/mol. The third kappa shape index (κ3) is 9.02. The quantitative estimate of drug-likeness (QED) is 0.115. The van der Waals surface area contributed by atoms with Crippen molar-refractivity contribution < 1.29 is 4.58 Å². The second-order valence-electron chi connectivity index (χ2n) is 20.1. The molecule has 3 heterocycles. The number of hydrogen-bond acceptors (Lipinski definition) is 3. The van der Waals surface area contributed by atoms with E-state index in [0.717, 1.165) is 95.3 Å². The van der Waals surface area contributed by atoms with Crippen LogP contribution in [-0.2, 0) is 0 Å². The molecule has 0 fully saturated rings. The third-order valence-electron chi connectivity index (χ3n) is 15.2. The van der Waals surface area contributed by atoms with Crippen molar-refractivity contribution in [1.82, 2.24) is 19.5 Å². The van der Waals surface area contributed by atoms with E-state index in [1.165, 1.54) is 27.8 Å². The fourth-order valence-corrected chi connectivity index (χ4v) is 11.4. The van der Waals surface area contributed by atoms with Gasteiger partial charge in [-0.05, 0) is 64.2 Å². The van der Waals surface area contributed by atoms with Gasteiger partial charge in [0.15, 0.2) is 12.0 Å². The summed E-state index contributed by atoms with van der Waals surface area (Å²) >= 11 is 0. The lowest BCUT2D eigenvalue weighted by atomic mass is 9.88. The van der Waals surface area contributed by atoms with Gasteiger partial charge in [-0.2, -0.15) is 4.58 Å². The number of rotatable bonds is 12. The maximum atomic E-state index is 5.64. The van der Waals surface area contributed by atoms with Crippen molar-refractivity contribution in [3.05, 3.63) is 320 Å². The average Bonchev–Trinajstić information content (AvgIpc) is 4.23. The standard InChI is InChI=1S/C75H52N5/c1-9-25-52(26-10-1)62-49-65(53-27-11-2-12-28-53)71-66(50-62)69(57-41-43-59(44-42-57)72-68(55-31-15-4-16-32-55)67(54-29-13-3-14-30-54)51-79(72)63-39-23-8-24-40-63)76-74(77-71)60-45-47-64(48-46-60)80-73(58-35-19-6-20-36-58)70(56-33-17-5-18-34-56)78-75(80)61-37-21-7-22-38-61/h1-51,72H/q+1. The SMILES string of the molecule is C1=[N+](c2ccccc2)C(c2ccc(-c3nc(-c4ccc(-n5c(-c6ccccc6)nc(-c6ccccc6)c5-c5ccccc5)cc4)nc4c(-c5ccccc5)cc(-c5ccccc5)cc34)cc2)C(c2ccccc2)=C1c1ccccc1. The molecular weight excluding hydrogens is 971 g/mol. The van der Waals surface area contributed by atoms with Crippen molar-refractivity contribution in [3.63, 3.8) is 0 Å². The van der Waals surface area contributed by atoms with Crippen LogP contribution in [0.3, 0.4) is 0 Å². The summed E-state index contributed by atoms with van der Waals surface area (Å²) in [4.78, 5) is 16.7. The smallest absolute Gasteiger partial charge is 0.210 e. The second kappa shape index (κ2) is 21.1. The Labute approximate surface area is 466 Å². The van der Waals surface area contributed by atoms with Crippen LogP contribution in [0.15, 0.2) is 303 Å². The Hall–Kier alpha value is -10.6. The van der Waals surface area contributed by atoms with Gasteiger partial charge in [-0.25, -0.2) is 15.0 Å². The first kappa shape index (κ1) is 47.8. The summed E-state index contributed by atoms with van der Waals surface area (Å²) in [7, 11) is 0. The molecule has 11 aromatic carbocycles. The number of nitrogens with zero attached hydrogens (tertiary/aromatic N) is 5. The van der Waals surface area contributed by atoms with Crippen molar-refractivity contribution in [2.24, 2.45) is 0 Å². The van der Waals surface area contributed by atoms with Crippen LogP contribution in [0.5, 0.6) is 0 Å². The van der Waals surface area contributed by atoms with E-state index in [4.69, 9.17) is 15.0 Å². The van der Waals surface area contributed by atoms with E-state index >= 15 is 0 Å². The second-order valence-corrected chi connectivity index (χ2v) is 20.1. The lowest BCUT2D eigenvalue weighted by Gasteiger charge is -2.18. The number of benzene rings is 11. The topological polar surface area (TPSA) is 46.6 Å². The first-order valence-corrected chi connectivity index (χ1v) is 27.2. The Balaban J connectivity index is 0.956. The van der Waals surface area contributed by atoms with Crippen molar-refractivity contribution >= 4 is 34.0 Å². The normalized spacial score (nSPS) is 13.2. The molecular formula is C75H52N5+. The summed E-state index contributed by atoms with van der Waals surface area (Å²) < 4.78 is 4.73. The van der Waals surface area contributed by atoms with E-state index < -0.39 is 0 Å². The number of aromatic nitrogens is 4. The molecule has 0 aliphatic carbocycles. The lowest BCUT2D eigenvalue weighted by Crippen LogP contribution is -2.12. The molecule has 0 radical (unpaired) electrons. The minimum Gasteiger partial charge on any atom is -0.292 e. The van der Waals surface area contributed by atoms with Crippen LogP contribution in [0.2, 0.25) is 0 Å². The number of para-hydroxylation sites is 1. The maximum absolute atomic E-state index is 5.64. The summed E-state index contributed by atoms with van der Waals surface area (Å²) in [5.41, 5.74) is 21.2. The van der Waals surface area contributed by atoms with E-state index in [9.17, 15) is 0 Å². The molecule has 0 bridgehead atoms. The van der Waals surface area contributed by atoms with E-state index in [2.05, 4.69) is 313 Å². The zero-order valence-electron chi connectivity index (χ0n) is 43.8. The number of fused-ring (bicyclic) bond motifs is 1. The minimum absolute atomic E-state index is 0.112. The van der Waals surface area contributed by atoms with Crippen molar-refractivity contribution in [3.8, 4) is 84.5 Å². The van der Waals surface area contributed by atoms with Gasteiger partial charge in [-0.15, -0.1) is 0 Å². The number of hydrogen-bond donors (Lipinski definition) is 0. The molecule has 14 rings (SSSR count). The summed E-state index contributed by atoms with van der Waals surface area (Å²) in [5, 5.41) is 0.974. The van der Waals surface area contributed by atoms with Crippen molar-refractivity contribution in [2.45, 2.75) is 6.04 Å². The predicted molar refractivity (Wildman–Crippen MR) is 330 cm³/mol. The van der Waals surface area contributed by atoms with Crippen LogP contribution in [0.4, 0.5) is 5.69 Å². The summed E-state index contributed by atoms with van der Waals surface area (Å²) in [6.45, 7) is 0. The molecule has 1 unspecified atom stereocenters. The molecule has 376 valence electrons. The van der Waals surface area contributed by atoms with E-state index in [0.29, 0.717) is 5.82 Å². The van der Waals surface area contributed by atoms with Gasteiger partial charge in [0.05, 0.1) is 28.2 Å². The molecule has 0 saturated carbocycles. The van der Waals surface area contributed by atoms with Crippen LogP contribution in [-0.4, -0.2) is 30.3 Å². The van der Waals surface area contributed by atoms with Crippen LogP contribution in [0.1, 0.15) is 22.7 Å². The Morgan fingerprint density at radius 1 is 0.338 bits per heavy atom. The van der Waals surface area contributed by atoms with E-state index in [1.54, 1.807) is 0 Å². The van der Waals surface area contributed by atoms with Crippen LogP contribution in [0.25, 0.3) is 107 Å². The summed E-state index contributed by atoms with van der Waals surface area (Å²) in [6, 6.07) is 107. The van der Waals surface area contributed by atoms with Gasteiger partial charge in [0, 0.05) is 67.7 Å². The van der Waals surface area contributed by atoms with Gasteiger partial charge in [0.2, 0.25) is 11.7 Å². The molecule has 13 aromatic rings. The number of imidazole rings is 1. The lowest BCUT2D eigenvalue weighted by molar-refractivity contribution is -0.464. The first-order chi connectivity index (χ1) is 39.7. The zero-order chi connectivity index (χ0) is 53.2. The molecule has 0 saturated heterocycles. The molecule has 0 amide bonds. The molecule has 2 aromatic heterocycles. The van der Waals surface area contributed by atoms with Gasteiger partial charge in [0.25, 0.3) is 0 Å². The highest BCUT2D eigenvalue weighted by Crippen LogP contribution is 2.47. The fourth-order valence-electron chi connectivity index (χ4n) is 11.4. The highest BCUT2D eigenvalue weighted by molar-refractivity contribution is 6.20. The van der Waals surface area contributed by atoms with Crippen LogP contribution >= 0.6 is 0 Å². The first-order valence-electron chi connectivity index (χ1n) is 27.2. The molecule has 0 spiro atoms. The predicted octanol–water partition coefficient (Wildman–Crippen LogP) is 18.6. The Morgan fingerprint density at radius 3 is 1.40 bits per heavy atom. The van der Waals surface area contributed by atoms with Crippen molar-refractivity contribution in [2.75, 3.05) is 0 Å². The summed E-state index contributed by atoms with van der Waals surface area (Å²) in [6.07, 6.45) is 2.33. The number of allylic oxidation sites excluding steroid dienone is 1. The van der Waals surface area contributed by atoms with Gasteiger partial charge < -0.3 is 0 Å². The Bertz CT molecular complexity index is 4370. The molecule has 5 heteroatoms. The summed E-state index contributed by atoms with van der Waals surface area (Å²) in [5.74, 6) is 1.49. The van der Waals surface area contributed by atoms with Gasteiger partial charge in [-0.3, -0.25) is 4.57 Å². The van der Waals surface area contributed by atoms with Gasteiger partial charge in [-0.1, -0.05) is 255 Å². The maximum Gasteiger partial charge on any atom is 0.210 e. The minimum atomic E-state index is -0.112. The molecule has 1 aliphatic heterocycles. The molecule has 1 aliphatic rings. The largest absolute Gasteiger partial charge is 0.292 e. The fraction of sp³-hybridized carbons (Fsp3) is 0.0133. The highest BCUT2D eigenvalue weighted by atomic mass is 15.1. The molecule has 5 nitrogen and oxygen atoms in total. The molecule has 0 N–H and O–H groups in total. The monoisotopic (exact) mass is 1020 g/mol. The van der Waals surface area contributed by atoms with Crippen LogP contribution in [0, 0.1) is 0 Å². The highest BCUT2D eigenvalue weighted by Gasteiger charge is 2.39. The van der Waals surface area contributed by atoms with Crippen LogP contribution < -0.4 is 0 Å². The zero-order valence-corrected chi connectivity index (χ0v) is 43.8. The van der Waals surface area contributed by atoms with E-state index in [1.807, 2.05) is 6.07 Å². The molecule has 1 atom stereocenters. The Morgan fingerprint density at radius 2 is 0.812 bits per heavy atom. The van der Waals surface area contributed by atoms with Gasteiger partial charge in [0.1, 0.15) is 5.82 Å². The van der Waals surface area contributed by atoms with Crippen molar-refractivity contribution in [1.29, 1.82) is 0 Å². The van der Waals surface area contributed by atoms with E-state index in [-0.39, 0.29) is 6.04 Å².